The van der Waals surface area contributed by atoms with E-state index < -0.39 is 0 Å². The molecule has 4 heteroatoms. The SMILES string of the molecule is CCCCCC(=O)Oc1ccc2c(c1)[nH]c1c(C)nccc12. The maximum atomic E-state index is 11.8. The highest BCUT2D eigenvalue weighted by atomic mass is 16.5. The molecule has 0 amide bonds. The minimum Gasteiger partial charge on any atom is -0.426 e. The van der Waals surface area contributed by atoms with Crippen LogP contribution in [0, 0.1) is 6.92 Å². The van der Waals surface area contributed by atoms with Crippen molar-refractivity contribution in [1.82, 2.24) is 9.97 Å². The van der Waals surface area contributed by atoms with E-state index in [1.807, 2.05) is 37.4 Å². The van der Waals surface area contributed by atoms with Crippen molar-refractivity contribution in [2.75, 3.05) is 0 Å². The lowest BCUT2D eigenvalue weighted by Gasteiger charge is -2.04. The summed E-state index contributed by atoms with van der Waals surface area (Å²) in [6.45, 7) is 4.10. The minimum atomic E-state index is -0.165. The minimum absolute atomic E-state index is 0.165. The van der Waals surface area contributed by atoms with Gasteiger partial charge in [0.05, 0.1) is 16.7 Å². The van der Waals surface area contributed by atoms with Crippen LogP contribution >= 0.6 is 0 Å². The molecule has 2 heterocycles. The van der Waals surface area contributed by atoms with Gasteiger partial charge in [0.15, 0.2) is 0 Å². The van der Waals surface area contributed by atoms with Gasteiger partial charge in [-0.1, -0.05) is 19.8 Å². The number of ether oxygens (including phenoxy) is 1. The second kappa shape index (κ2) is 6.18. The maximum Gasteiger partial charge on any atom is 0.311 e. The Labute approximate surface area is 129 Å². The van der Waals surface area contributed by atoms with Crippen LogP contribution in [0.1, 0.15) is 38.3 Å². The quantitative estimate of drug-likeness (QED) is 0.428. The monoisotopic (exact) mass is 296 g/mol. The molecular formula is C18H20N2O2. The molecule has 2 aromatic heterocycles. The van der Waals surface area contributed by atoms with Gasteiger partial charge in [0.2, 0.25) is 0 Å². The van der Waals surface area contributed by atoms with Gasteiger partial charge in [-0.25, -0.2) is 0 Å². The van der Waals surface area contributed by atoms with Gasteiger partial charge in [-0.2, -0.15) is 0 Å². The number of carbonyl (C=O) groups is 1. The molecule has 0 fully saturated rings. The van der Waals surface area contributed by atoms with E-state index in [0.717, 1.165) is 46.8 Å². The Hall–Kier alpha value is -2.36. The zero-order valence-electron chi connectivity index (χ0n) is 13.0. The zero-order chi connectivity index (χ0) is 15.5. The molecule has 0 spiro atoms. The predicted molar refractivity (Wildman–Crippen MR) is 88.1 cm³/mol. The first-order valence-electron chi connectivity index (χ1n) is 7.76. The van der Waals surface area contributed by atoms with Crippen molar-refractivity contribution in [3.63, 3.8) is 0 Å². The highest BCUT2D eigenvalue weighted by Crippen LogP contribution is 2.29. The van der Waals surface area contributed by atoms with Crippen molar-refractivity contribution >= 4 is 27.8 Å². The second-order valence-corrected chi connectivity index (χ2v) is 5.58. The number of fused-ring (bicyclic) bond motifs is 3. The van der Waals surface area contributed by atoms with E-state index in [1.165, 1.54) is 0 Å². The molecule has 3 rings (SSSR count). The summed E-state index contributed by atoms with van der Waals surface area (Å²) >= 11 is 0. The van der Waals surface area contributed by atoms with Crippen LogP contribution in [0.2, 0.25) is 0 Å². The van der Waals surface area contributed by atoms with Crippen LogP contribution in [-0.2, 0) is 4.79 Å². The number of nitrogens with one attached hydrogen (secondary N) is 1. The number of aryl methyl sites for hydroxylation is 1. The number of nitrogens with zero attached hydrogens (tertiary/aromatic N) is 1. The number of hydrogen-bond acceptors (Lipinski definition) is 3. The van der Waals surface area contributed by atoms with Crippen molar-refractivity contribution in [2.24, 2.45) is 0 Å². The van der Waals surface area contributed by atoms with Gasteiger partial charge in [0.25, 0.3) is 0 Å². The molecule has 4 nitrogen and oxygen atoms in total. The summed E-state index contributed by atoms with van der Waals surface area (Å²) in [6, 6.07) is 7.72. The summed E-state index contributed by atoms with van der Waals surface area (Å²) in [4.78, 5) is 19.5. The fraction of sp³-hybridized carbons (Fsp3) is 0.333. The number of pyridine rings is 1. The number of carbonyl (C=O) groups excluding carboxylic acids is 1. The molecular weight excluding hydrogens is 276 g/mol. The van der Waals surface area contributed by atoms with Crippen molar-refractivity contribution in [1.29, 1.82) is 0 Å². The average molecular weight is 296 g/mol. The largest absolute Gasteiger partial charge is 0.426 e. The fourth-order valence-electron chi connectivity index (χ4n) is 2.71. The first-order valence-corrected chi connectivity index (χ1v) is 7.76. The Balaban J connectivity index is 1.85. The number of hydrogen-bond donors (Lipinski definition) is 1. The summed E-state index contributed by atoms with van der Waals surface area (Å²) in [6.07, 6.45) is 5.33. The molecule has 0 atom stereocenters. The number of H-pyrrole nitrogens is 1. The smallest absolute Gasteiger partial charge is 0.311 e. The molecule has 0 aliphatic heterocycles. The number of benzene rings is 1. The van der Waals surface area contributed by atoms with Crippen LogP contribution in [0.15, 0.2) is 30.5 Å². The highest BCUT2D eigenvalue weighted by Gasteiger charge is 2.09. The molecule has 0 aliphatic carbocycles. The van der Waals surface area contributed by atoms with Gasteiger partial charge in [-0.15, -0.1) is 0 Å². The maximum absolute atomic E-state index is 11.8. The molecule has 0 aliphatic rings. The third-order valence-corrected chi connectivity index (χ3v) is 3.90. The number of unbranched alkanes of at least 4 members (excludes halogenated alkanes) is 2. The third kappa shape index (κ3) is 2.82. The van der Waals surface area contributed by atoms with Crippen LogP contribution in [0.4, 0.5) is 0 Å². The van der Waals surface area contributed by atoms with Crippen LogP contribution in [0.5, 0.6) is 5.75 Å². The van der Waals surface area contributed by atoms with Crippen molar-refractivity contribution < 1.29 is 9.53 Å². The van der Waals surface area contributed by atoms with E-state index in [-0.39, 0.29) is 5.97 Å². The standard InChI is InChI=1S/C18H20N2O2/c1-3-4-5-6-17(21)22-13-7-8-14-15-9-10-19-12(2)18(15)20-16(14)11-13/h7-11,20H,3-6H2,1-2H3. The molecule has 0 unspecified atom stereocenters. The lowest BCUT2D eigenvalue weighted by Crippen LogP contribution is -2.07. The predicted octanol–water partition coefficient (Wildman–Crippen LogP) is 4.51. The molecule has 3 aromatic rings. The summed E-state index contributed by atoms with van der Waals surface area (Å²) in [5, 5.41) is 2.26. The van der Waals surface area contributed by atoms with E-state index in [9.17, 15) is 4.79 Å². The van der Waals surface area contributed by atoms with Gasteiger partial charge in [0, 0.05) is 29.5 Å². The van der Waals surface area contributed by atoms with Gasteiger partial charge < -0.3 is 9.72 Å². The van der Waals surface area contributed by atoms with Crippen LogP contribution < -0.4 is 4.74 Å². The Morgan fingerprint density at radius 3 is 2.91 bits per heavy atom. The normalized spacial score (nSPS) is 11.2. The van der Waals surface area contributed by atoms with Crippen LogP contribution in [0.3, 0.4) is 0 Å². The first kappa shape index (κ1) is 14.6. The zero-order valence-corrected chi connectivity index (χ0v) is 13.0. The summed E-state index contributed by atoms with van der Waals surface area (Å²) in [7, 11) is 0. The third-order valence-electron chi connectivity index (χ3n) is 3.90. The Morgan fingerprint density at radius 2 is 2.09 bits per heavy atom. The van der Waals surface area contributed by atoms with Crippen molar-refractivity contribution in [3.05, 3.63) is 36.2 Å². The average Bonchev–Trinajstić information content (AvgIpc) is 2.87. The molecule has 1 aromatic carbocycles. The van der Waals surface area contributed by atoms with E-state index in [2.05, 4.69) is 16.9 Å². The van der Waals surface area contributed by atoms with Crippen LogP contribution in [0.25, 0.3) is 21.8 Å². The van der Waals surface area contributed by atoms with Crippen molar-refractivity contribution in [3.8, 4) is 5.75 Å². The topological polar surface area (TPSA) is 55.0 Å². The molecule has 0 saturated carbocycles. The second-order valence-electron chi connectivity index (χ2n) is 5.58. The molecule has 0 radical (unpaired) electrons. The Morgan fingerprint density at radius 1 is 1.23 bits per heavy atom. The first-order chi connectivity index (χ1) is 10.7. The highest BCUT2D eigenvalue weighted by molar-refractivity contribution is 6.08. The Bertz CT molecular complexity index is 820. The van der Waals surface area contributed by atoms with Crippen molar-refractivity contribution in [2.45, 2.75) is 39.5 Å². The number of rotatable bonds is 5. The van der Waals surface area contributed by atoms with Crippen LogP contribution in [-0.4, -0.2) is 15.9 Å². The fourth-order valence-corrected chi connectivity index (χ4v) is 2.71. The molecule has 22 heavy (non-hydrogen) atoms. The van der Waals surface area contributed by atoms with Gasteiger partial charge in [-0.3, -0.25) is 9.78 Å². The molecule has 0 bridgehead atoms. The molecule has 0 saturated heterocycles. The molecule has 114 valence electrons. The number of aromatic amines is 1. The van der Waals surface area contributed by atoms with Gasteiger partial charge in [-0.05, 0) is 31.5 Å². The van der Waals surface area contributed by atoms with Gasteiger partial charge >= 0.3 is 5.97 Å². The summed E-state index contributed by atoms with van der Waals surface area (Å²) < 4.78 is 5.42. The summed E-state index contributed by atoms with van der Waals surface area (Å²) in [5.74, 6) is 0.424. The van der Waals surface area contributed by atoms with E-state index in [1.54, 1.807) is 0 Å². The number of aromatic nitrogens is 2. The Kier molecular flexibility index (Phi) is 4.09. The van der Waals surface area contributed by atoms with E-state index in [4.69, 9.17) is 4.74 Å². The number of esters is 1. The summed E-state index contributed by atoms with van der Waals surface area (Å²) in [5.41, 5.74) is 2.96. The lowest BCUT2D eigenvalue weighted by molar-refractivity contribution is -0.134. The molecule has 1 N–H and O–H groups in total. The van der Waals surface area contributed by atoms with E-state index >= 15 is 0 Å². The van der Waals surface area contributed by atoms with Gasteiger partial charge in [0.1, 0.15) is 5.75 Å². The lowest BCUT2D eigenvalue weighted by atomic mass is 10.1. The van der Waals surface area contributed by atoms with E-state index in [0.29, 0.717) is 12.2 Å².